The quantitative estimate of drug-likeness (QED) is 0.678. The molecule has 1 aliphatic rings. The second-order valence-electron chi connectivity index (χ2n) is 5.11. The van der Waals surface area contributed by atoms with E-state index >= 15 is 0 Å². The topological polar surface area (TPSA) is 88.6 Å². The molecule has 0 bridgehead atoms. The first-order chi connectivity index (χ1) is 10.1. The zero-order valence-corrected chi connectivity index (χ0v) is 11.6. The van der Waals surface area contributed by atoms with Crippen molar-refractivity contribution in [3.05, 3.63) is 39.6 Å². The number of carbonyl (C=O) groups excluding carboxylic acids is 1. The number of nitro groups is 1. The molecular weight excluding hydrogens is 274 g/mol. The van der Waals surface area contributed by atoms with E-state index in [0.29, 0.717) is 24.2 Å². The zero-order valence-electron chi connectivity index (χ0n) is 11.6. The van der Waals surface area contributed by atoms with Gasteiger partial charge in [-0.1, -0.05) is 12.1 Å². The number of aliphatic hydroxyl groups is 1. The number of carbonyl (C=O) groups is 1. The number of aromatic nitrogens is 1. The maximum atomic E-state index is 12.4. The van der Waals surface area contributed by atoms with Crippen molar-refractivity contribution in [2.75, 3.05) is 20.2 Å². The highest BCUT2D eigenvalue weighted by Crippen LogP contribution is 2.35. The third-order valence-electron chi connectivity index (χ3n) is 3.93. The first-order valence-corrected chi connectivity index (χ1v) is 6.71. The molecule has 110 valence electrons. The van der Waals surface area contributed by atoms with Crippen molar-refractivity contribution in [3.8, 4) is 0 Å². The van der Waals surface area contributed by atoms with E-state index in [1.54, 1.807) is 28.6 Å². The van der Waals surface area contributed by atoms with Crippen LogP contribution in [0, 0.1) is 10.1 Å². The van der Waals surface area contributed by atoms with Crippen LogP contribution in [0.1, 0.15) is 16.1 Å². The first kappa shape index (κ1) is 13.6. The van der Waals surface area contributed by atoms with Crippen LogP contribution in [-0.2, 0) is 13.0 Å². The highest BCUT2D eigenvalue weighted by atomic mass is 16.6. The maximum Gasteiger partial charge on any atom is 0.293 e. The number of hydrogen-bond donors (Lipinski definition) is 1. The minimum absolute atomic E-state index is 0.0363. The van der Waals surface area contributed by atoms with Gasteiger partial charge in [-0.05, 0) is 12.0 Å². The standard InChI is InChI=1S/C14H15N3O4/c1-15-6-5-10-9-3-2-4-11(17(20)21)12(9)16(7-8-18)13(10)14(15)19/h2-4,18H,5-8H2,1H3. The predicted octanol–water partition coefficient (Wildman–Crippen LogP) is 1.17. The summed E-state index contributed by atoms with van der Waals surface area (Å²) in [4.78, 5) is 24.8. The van der Waals surface area contributed by atoms with Crippen molar-refractivity contribution in [1.82, 2.24) is 9.47 Å². The predicted molar refractivity (Wildman–Crippen MR) is 76.3 cm³/mol. The van der Waals surface area contributed by atoms with E-state index in [1.165, 1.54) is 6.07 Å². The van der Waals surface area contributed by atoms with Crippen LogP contribution in [0.2, 0.25) is 0 Å². The number of aliphatic hydroxyl groups excluding tert-OH is 1. The number of non-ortho nitro benzene ring substituents is 1. The number of fused-ring (bicyclic) bond motifs is 3. The van der Waals surface area contributed by atoms with E-state index in [1.807, 2.05) is 0 Å². The van der Waals surface area contributed by atoms with E-state index in [-0.39, 0.29) is 24.7 Å². The fourth-order valence-electron chi connectivity index (χ4n) is 2.99. The summed E-state index contributed by atoms with van der Waals surface area (Å²) in [5.74, 6) is -0.157. The molecule has 21 heavy (non-hydrogen) atoms. The Labute approximate surface area is 120 Å². The SMILES string of the molecule is CN1CCc2c(n(CCO)c3c([N+](=O)[O-])cccc23)C1=O. The van der Waals surface area contributed by atoms with E-state index < -0.39 is 4.92 Å². The Bertz CT molecular complexity index is 750. The van der Waals surface area contributed by atoms with E-state index in [0.717, 1.165) is 10.9 Å². The largest absolute Gasteiger partial charge is 0.395 e. The highest BCUT2D eigenvalue weighted by Gasteiger charge is 2.31. The smallest absolute Gasteiger partial charge is 0.293 e. The summed E-state index contributed by atoms with van der Waals surface area (Å²) in [6.45, 7) is 0.572. The van der Waals surface area contributed by atoms with Crippen LogP contribution in [-0.4, -0.2) is 45.6 Å². The molecule has 0 saturated carbocycles. The molecule has 0 saturated heterocycles. The normalized spacial score (nSPS) is 14.6. The second kappa shape index (κ2) is 4.85. The summed E-state index contributed by atoms with van der Waals surface area (Å²) in [5.41, 5.74) is 1.68. The summed E-state index contributed by atoms with van der Waals surface area (Å²) in [7, 11) is 1.71. The van der Waals surface area contributed by atoms with Crippen molar-refractivity contribution in [2.45, 2.75) is 13.0 Å². The molecule has 0 aliphatic carbocycles. The van der Waals surface area contributed by atoms with Gasteiger partial charge in [0, 0.05) is 31.6 Å². The summed E-state index contributed by atoms with van der Waals surface area (Å²) >= 11 is 0. The molecule has 7 nitrogen and oxygen atoms in total. The third kappa shape index (κ3) is 1.89. The number of amides is 1. The van der Waals surface area contributed by atoms with Gasteiger partial charge in [0.1, 0.15) is 11.2 Å². The van der Waals surface area contributed by atoms with Crippen LogP contribution in [0.5, 0.6) is 0 Å². The number of likely N-dealkylation sites (N-methyl/N-ethyl adjacent to an activating group) is 1. The van der Waals surface area contributed by atoms with Crippen LogP contribution in [0.15, 0.2) is 18.2 Å². The van der Waals surface area contributed by atoms with Crippen LogP contribution in [0.25, 0.3) is 10.9 Å². The van der Waals surface area contributed by atoms with Crippen LogP contribution in [0.4, 0.5) is 5.69 Å². The van der Waals surface area contributed by atoms with Gasteiger partial charge < -0.3 is 14.6 Å². The van der Waals surface area contributed by atoms with Gasteiger partial charge in [0.25, 0.3) is 11.6 Å². The molecule has 2 heterocycles. The lowest BCUT2D eigenvalue weighted by molar-refractivity contribution is -0.383. The average molecular weight is 289 g/mol. The van der Waals surface area contributed by atoms with Crippen molar-refractivity contribution in [3.63, 3.8) is 0 Å². The van der Waals surface area contributed by atoms with Crippen LogP contribution in [0.3, 0.4) is 0 Å². The number of hydrogen-bond acceptors (Lipinski definition) is 4. The molecule has 1 amide bonds. The molecule has 7 heteroatoms. The minimum Gasteiger partial charge on any atom is -0.395 e. The van der Waals surface area contributed by atoms with Gasteiger partial charge >= 0.3 is 0 Å². The minimum atomic E-state index is -0.449. The third-order valence-corrected chi connectivity index (χ3v) is 3.93. The van der Waals surface area contributed by atoms with E-state index in [9.17, 15) is 20.0 Å². The van der Waals surface area contributed by atoms with Crippen LogP contribution >= 0.6 is 0 Å². The Morgan fingerprint density at radius 1 is 1.43 bits per heavy atom. The number of benzene rings is 1. The van der Waals surface area contributed by atoms with Gasteiger partial charge in [0.05, 0.1) is 11.5 Å². The zero-order chi connectivity index (χ0) is 15.1. The number of rotatable bonds is 3. The van der Waals surface area contributed by atoms with Gasteiger partial charge in [-0.2, -0.15) is 0 Å². The fourth-order valence-corrected chi connectivity index (χ4v) is 2.99. The Morgan fingerprint density at radius 2 is 2.19 bits per heavy atom. The monoisotopic (exact) mass is 289 g/mol. The van der Waals surface area contributed by atoms with Crippen molar-refractivity contribution < 1.29 is 14.8 Å². The Kier molecular flexibility index (Phi) is 3.13. The molecule has 0 unspecified atom stereocenters. The summed E-state index contributed by atoms with van der Waals surface area (Å²) < 4.78 is 1.58. The Hall–Kier alpha value is -2.41. The average Bonchev–Trinajstić information content (AvgIpc) is 2.78. The number of para-hydroxylation sites is 1. The van der Waals surface area contributed by atoms with E-state index in [2.05, 4.69) is 0 Å². The molecule has 1 aliphatic heterocycles. The molecule has 1 aromatic carbocycles. The Balaban J connectivity index is 2.41. The molecule has 1 N–H and O–H groups in total. The molecule has 3 rings (SSSR count). The lowest BCUT2D eigenvalue weighted by Crippen LogP contribution is -2.35. The van der Waals surface area contributed by atoms with Gasteiger partial charge in [-0.25, -0.2) is 0 Å². The maximum absolute atomic E-state index is 12.4. The van der Waals surface area contributed by atoms with Crippen molar-refractivity contribution in [1.29, 1.82) is 0 Å². The Morgan fingerprint density at radius 3 is 2.86 bits per heavy atom. The first-order valence-electron chi connectivity index (χ1n) is 6.71. The summed E-state index contributed by atoms with van der Waals surface area (Å²) in [6.07, 6.45) is 0.660. The molecule has 2 aromatic rings. The number of nitro benzene ring substituents is 1. The molecule has 0 fully saturated rings. The van der Waals surface area contributed by atoms with Crippen molar-refractivity contribution in [2.24, 2.45) is 0 Å². The molecule has 0 atom stereocenters. The van der Waals surface area contributed by atoms with Gasteiger partial charge in [0.15, 0.2) is 0 Å². The van der Waals surface area contributed by atoms with Gasteiger partial charge in [-0.15, -0.1) is 0 Å². The number of nitrogens with zero attached hydrogens (tertiary/aromatic N) is 3. The molecule has 1 aromatic heterocycles. The van der Waals surface area contributed by atoms with E-state index in [4.69, 9.17) is 0 Å². The second-order valence-corrected chi connectivity index (χ2v) is 5.11. The van der Waals surface area contributed by atoms with Crippen LogP contribution < -0.4 is 0 Å². The summed E-state index contributed by atoms with van der Waals surface area (Å²) in [6, 6.07) is 4.86. The molecular formula is C14H15N3O4. The van der Waals surface area contributed by atoms with Crippen molar-refractivity contribution >= 4 is 22.5 Å². The van der Waals surface area contributed by atoms with Gasteiger partial charge in [0.2, 0.25) is 0 Å². The fraction of sp³-hybridized carbons (Fsp3) is 0.357. The van der Waals surface area contributed by atoms with Gasteiger partial charge in [-0.3, -0.25) is 14.9 Å². The lowest BCUT2D eigenvalue weighted by atomic mass is 10.0. The highest BCUT2D eigenvalue weighted by molar-refractivity contribution is 6.04. The molecule has 0 spiro atoms. The molecule has 0 radical (unpaired) electrons. The lowest BCUT2D eigenvalue weighted by Gasteiger charge is -2.24. The summed E-state index contributed by atoms with van der Waals surface area (Å²) in [5, 5.41) is 21.3.